The molecule has 1 aromatic carbocycles. The fourth-order valence-corrected chi connectivity index (χ4v) is 1.82. The van der Waals surface area contributed by atoms with Crippen LogP contribution in [0.1, 0.15) is 12.2 Å². The van der Waals surface area contributed by atoms with Gasteiger partial charge in [0.2, 0.25) is 0 Å². The average molecular weight is 228 g/mol. The Morgan fingerprint density at radius 3 is 2.59 bits per heavy atom. The lowest BCUT2D eigenvalue weighted by atomic mass is 10.2. The largest absolute Gasteiger partial charge is 0.336 e. The summed E-state index contributed by atoms with van der Waals surface area (Å²) in [4.78, 5) is 0. The highest BCUT2D eigenvalue weighted by molar-refractivity contribution is 5.98. The second-order valence-corrected chi connectivity index (χ2v) is 3.80. The maximum atomic E-state index is 6.00. The molecule has 0 amide bonds. The number of hydrogen-bond acceptors (Lipinski definition) is 5. The normalized spacial score (nSPS) is 14.5. The van der Waals surface area contributed by atoms with E-state index in [4.69, 9.17) is 5.84 Å². The summed E-state index contributed by atoms with van der Waals surface area (Å²) in [7, 11) is 0. The molecule has 2 heterocycles. The molecular weight excluding hydrogens is 216 g/mol. The molecule has 0 saturated heterocycles. The summed E-state index contributed by atoms with van der Waals surface area (Å²) in [5, 5.41) is 12.3. The SMILES string of the molecule is Nn1c(C2=NNCC2)nnc1-c1ccccc1. The number of aromatic nitrogens is 3. The topological polar surface area (TPSA) is 81.1 Å². The first-order valence-electron chi connectivity index (χ1n) is 5.42. The van der Waals surface area contributed by atoms with Crippen molar-refractivity contribution in [1.82, 2.24) is 20.3 Å². The third-order valence-electron chi connectivity index (χ3n) is 2.67. The van der Waals surface area contributed by atoms with Crippen LogP contribution in [-0.4, -0.2) is 27.1 Å². The van der Waals surface area contributed by atoms with Crippen LogP contribution >= 0.6 is 0 Å². The number of hydrogen-bond donors (Lipinski definition) is 2. The monoisotopic (exact) mass is 228 g/mol. The predicted octanol–water partition coefficient (Wildman–Crippen LogP) is 0.356. The lowest BCUT2D eigenvalue weighted by Gasteiger charge is -2.02. The predicted molar refractivity (Wildman–Crippen MR) is 64.8 cm³/mol. The van der Waals surface area contributed by atoms with Crippen LogP contribution in [0.3, 0.4) is 0 Å². The molecule has 3 N–H and O–H groups in total. The van der Waals surface area contributed by atoms with Crippen molar-refractivity contribution in [3.05, 3.63) is 36.2 Å². The summed E-state index contributed by atoms with van der Waals surface area (Å²) >= 11 is 0. The van der Waals surface area contributed by atoms with Gasteiger partial charge in [0, 0.05) is 18.5 Å². The molecule has 0 bridgehead atoms. The molecule has 0 unspecified atom stereocenters. The number of nitrogens with one attached hydrogen (secondary N) is 1. The van der Waals surface area contributed by atoms with Gasteiger partial charge in [-0.3, -0.25) is 0 Å². The van der Waals surface area contributed by atoms with E-state index in [2.05, 4.69) is 20.7 Å². The van der Waals surface area contributed by atoms with E-state index in [1.165, 1.54) is 4.68 Å². The second kappa shape index (κ2) is 3.89. The van der Waals surface area contributed by atoms with Gasteiger partial charge in [-0.1, -0.05) is 30.3 Å². The highest BCUT2D eigenvalue weighted by Crippen LogP contribution is 2.16. The number of benzene rings is 1. The van der Waals surface area contributed by atoms with Gasteiger partial charge in [0.1, 0.15) is 5.71 Å². The van der Waals surface area contributed by atoms with E-state index < -0.39 is 0 Å². The minimum Gasteiger partial charge on any atom is -0.336 e. The fraction of sp³-hybridized carbons (Fsp3) is 0.182. The first kappa shape index (κ1) is 9.83. The lowest BCUT2D eigenvalue weighted by molar-refractivity contribution is 0.813. The van der Waals surface area contributed by atoms with Crippen LogP contribution in [0.5, 0.6) is 0 Å². The number of nitrogens with two attached hydrogens (primary N) is 1. The zero-order chi connectivity index (χ0) is 11.7. The summed E-state index contributed by atoms with van der Waals surface area (Å²) < 4.78 is 1.49. The Morgan fingerprint density at radius 1 is 1.12 bits per heavy atom. The van der Waals surface area contributed by atoms with Crippen molar-refractivity contribution in [2.45, 2.75) is 6.42 Å². The van der Waals surface area contributed by atoms with Crippen molar-refractivity contribution in [1.29, 1.82) is 0 Å². The minimum atomic E-state index is 0.619. The zero-order valence-corrected chi connectivity index (χ0v) is 9.17. The first-order valence-corrected chi connectivity index (χ1v) is 5.42. The molecule has 2 aromatic rings. The van der Waals surface area contributed by atoms with Crippen molar-refractivity contribution in [2.24, 2.45) is 5.10 Å². The van der Waals surface area contributed by atoms with E-state index in [1.54, 1.807) is 0 Å². The van der Waals surface area contributed by atoms with E-state index in [1.807, 2.05) is 30.3 Å². The lowest BCUT2D eigenvalue weighted by Crippen LogP contribution is -2.18. The molecule has 17 heavy (non-hydrogen) atoms. The van der Waals surface area contributed by atoms with Crippen LogP contribution in [0.4, 0.5) is 0 Å². The van der Waals surface area contributed by atoms with Crippen LogP contribution in [-0.2, 0) is 0 Å². The Hall–Kier alpha value is -2.37. The highest BCUT2D eigenvalue weighted by atomic mass is 15.4. The Labute approximate surface area is 98.1 Å². The zero-order valence-electron chi connectivity index (χ0n) is 9.17. The van der Waals surface area contributed by atoms with Gasteiger partial charge in [-0.25, -0.2) is 4.68 Å². The molecule has 3 rings (SSSR count). The standard InChI is InChI=1S/C11H12N6/c12-17-10(8-4-2-1-3-5-8)15-16-11(17)9-6-7-13-14-9/h1-5,13H,6-7,12H2. The highest BCUT2D eigenvalue weighted by Gasteiger charge is 2.18. The summed E-state index contributed by atoms with van der Waals surface area (Å²) in [5.41, 5.74) is 4.69. The van der Waals surface area contributed by atoms with Crippen LogP contribution in [0.2, 0.25) is 0 Å². The molecule has 1 aromatic heterocycles. The smallest absolute Gasteiger partial charge is 0.199 e. The van der Waals surface area contributed by atoms with Gasteiger partial charge in [-0.15, -0.1) is 10.2 Å². The number of nitrogens with zero attached hydrogens (tertiary/aromatic N) is 4. The van der Waals surface area contributed by atoms with E-state index >= 15 is 0 Å². The van der Waals surface area contributed by atoms with Crippen molar-refractivity contribution in [2.75, 3.05) is 12.4 Å². The molecule has 0 atom stereocenters. The van der Waals surface area contributed by atoms with Gasteiger partial charge in [-0.05, 0) is 0 Å². The number of rotatable bonds is 2. The van der Waals surface area contributed by atoms with Gasteiger partial charge in [0.05, 0.1) is 0 Å². The van der Waals surface area contributed by atoms with Gasteiger partial charge in [-0.2, -0.15) is 5.10 Å². The van der Waals surface area contributed by atoms with Crippen molar-refractivity contribution >= 4 is 5.71 Å². The first-order chi connectivity index (χ1) is 8.36. The molecule has 0 aliphatic carbocycles. The fourth-order valence-electron chi connectivity index (χ4n) is 1.82. The molecule has 0 fully saturated rings. The second-order valence-electron chi connectivity index (χ2n) is 3.80. The van der Waals surface area contributed by atoms with Crippen molar-refractivity contribution < 1.29 is 0 Å². The third kappa shape index (κ3) is 1.63. The van der Waals surface area contributed by atoms with Crippen LogP contribution in [0.25, 0.3) is 11.4 Å². The number of hydrazone groups is 1. The maximum absolute atomic E-state index is 6.00. The van der Waals surface area contributed by atoms with Gasteiger partial charge < -0.3 is 11.3 Å². The van der Waals surface area contributed by atoms with Gasteiger partial charge in [0.25, 0.3) is 0 Å². The van der Waals surface area contributed by atoms with Crippen LogP contribution in [0.15, 0.2) is 35.4 Å². The number of nitrogen functional groups attached to an aromatic ring is 1. The quantitative estimate of drug-likeness (QED) is 0.727. The maximum Gasteiger partial charge on any atom is 0.199 e. The Bertz CT molecular complexity index is 557. The summed E-state index contributed by atoms with van der Waals surface area (Å²) in [5.74, 6) is 7.27. The molecule has 1 aliphatic heterocycles. The summed E-state index contributed by atoms with van der Waals surface area (Å²) in [6, 6.07) is 9.74. The Balaban J connectivity index is 2.03. The van der Waals surface area contributed by atoms with Crippen molar-refractivity contribution in [3.8, 4) is 11.4 Å². The summed E-state index contributed by atoms with van der Waals surface area (Å²) in [6.07, 6.45) is 0.824. The summed E-state index contributed by atoms with van der Waals surface area (Å²) in [6.45, 7) is 0.822. The molecule has 0 spiro atoms. The molecule has 6 nitrogen and oxygen atoms in total. The van der Waals surface area contributed by atoms with Gasteiger partial charge >= 0.3 is 0 Å². The average Bonchev–Trinajstić information content (AvgIpc) is 2.99. The van der Waals surface area contributed by atoms with Crippen LogP contribution in [0, 0.1) is 0 Å². The Kier molecular flexibility index (Phi) is 2.25. The minimum absolute atomic E-state index is 0.619. The van der Waals surface area contributed by atoms with E-state index in [-0.39, 0.29) is 0 Å². The molecule has 1 aliphatic rings. The van der Waals surface area contributed by atoms with Gasteiger partial charge in [0.15, 0.2) is 11.6 Å². The van der Waals surface area contributed by atoms with E-state index in [9.17, 15) is 0 Å². The molecule has 86 valence electrons. The third-order valence-corrected chi connectivity index (χ3v) is 2.67. The molecular formula is C11H12N6. The molecule has 0 radical (unpaired) electrons. The van der Waals surface area contributed by atoms with Crippen LogP contribution < -0.4 is 11.3 Å². The van der Waals surface area contributed by atoms with E-state index in [0.717, 1.165) is 24.2 Å². The van der Waals surface area contributed by atoms with Crippen molar-refractivity contribution in [3.63, 3.8) is 0 Å². The molecule has 6 heteroatoms. The Morgan fingerprint density at radius 2 is 1.88 bits per heavy atom. The molecule has 0 saturated carbocycles. The van der Waals surface area contributed by atoms with E-state index in [0.29, 0.717) is 11.6 Å².